The van der Waals surface area contributed by atoms with Gasteiger partial charge < -0.3 is 10.3 Å². The fraction of sp³-hybridized carbons (Fsp3) is 0.235. The summed E-state index contributed by atoms with van der Waals surface area (Å²) in [7, 11) is 0. The van der Waals surface area contributed by atoms with Crippen LogP contribution in [-0.2, 0) is 13.0 Å². The largest absolute Gasteiger partial charge is 0.396 e. The van der Waals surface area contributed by atoms with Crippen molar-refractivity contribution in [3.63, 3.8) is 0 Å². The molecule has 0 aliphatic carbocycles. The Morgan fingerprint density at radius 2 is 1.95 bits per heavy atom. The van der Waals surface area contributed by atoms with Crippen LogP contribution in [0.3, 0.4) is 0 Å². The van der Waals surface area contributed by atoms with Crippen molar-refractivity contribution in [1.29, 1.82) is 0 Å². The van der Waals surface area contributed by atoms with E-state index in [1.165, 1.54) is 0 Å². The second kappa shape index (κ2) is 5.56. The maximum atomic E-state index is 14.2. The Morgan fingerprint density at radius 1 is 1.14 bits per heavy atom. The minimum atomic E-state index is -0.335. The van der Waals surface area contributed by atoms with Crippen LogP contribution in [0, 0.1) is 5.82 Å². The van der Waals surface area contributed by atoms with Crippen LogP contribution in [0.1, 0.15) is 24.7 Å². The van der Waals surface area contributed by atoms with Crippen molar-refractivity contribution in [2.45, 2.75) is 26.3 Å². The number of rotatable bonds is 4. The number of benzene rings is 2. The van der Waals surface area contributed by atoms with Crippen molar-refractivity contribution in [3.8, 4) is 0 Å². The Balaban J connectivity index is 2.10. The normalized spacial score (nSPS) is 11.1. The van der Waals surface area contributed by atoms with E-state index in [2.05, 4.69) is 16.5 Å². The van der Waals surface area contributed by atoms with Crippen LogP contribution in [-0.4, -0.2) is 9.55 Å². The maximum absolute atomic E-state index is 14.2. The SMILES string of the molecule is CCCc1nc2ccccc2n1Cc1cccc(N)c1F. The minimum Gasteiger partial charge on any atom is -0.396 e. The molecule has 2 N–H and O–H groups in total. The highest BCUT2D eigenvalue weighted by Crippen LogP contribution is 2.21. The number of aryl methyl sites for hydroxylation is 1. The van der Waals surface area contributed by atoms with E-state index in [1.807, 2.05) is 24.3 Å². The van der Waals surface area contributed by atoms with Gasteiger partial charge in [0.1, 0.15) is 5.82 Å². The first kappa shape index (κ1) is 13.6. The highest BCUT2D eigenvalue weighted by Gasteiger charge is 2.13. The first-order valence-electron chi connectivity index (χ1n) is 7.17. The van der Waals surface area contributed by atoms with Gasteiger partial charge in [-0.1, -0.05) is 31.2 Å². The molecule has 2 aromatic carbocycles. The molecule has 0 radical (unpaired) electrons. The Hall–Kier alpha value is -2.36. The van der Waals surface area contributed by atoms with Gasteiger partial charge in [-0.05, 0) is 24.6 Å². The zero-order chi connectivity index (χ0) is 14.8. The summed E-state index contributed by atoms with van der Waals surface area (Å²) in [6.07, 6.45) is 1.88. The second-order valence-corrected chi connectivity index (χ2v) is 5.17. The molecular weight excluding hydrogens is 265 g/mol. The molecule has 0 spiro atoms. The summed E-state index contributed by atoms with van der Waals surface area (Å²) >= 11 is 0. The molecule has 0 amide bonds. The van der Waals surface area contributed by atoms with Gasteiger partial charge >= 0.3 is 0 Å². The van der Waals surface area contributed by atoms with Gasteiger partial charge in [0.25, 0.3) is 0 Å². The molecule has 0 saturated carbocycles. The summed E-state index contributed by atoms with van der Waals surface area (Å²) in [6.45, 7) is 2.57. The third-order valence-corrected chi connectivity index (χ3v) is 3.64. The van der Waals surface area contributed by atoms with Crippen LogP contribution in [0.15, 0.2) is 42.5 Å². The van der Waals surface area contributed by atoms with E-state index in [0.717, 1.165) is 29.7 Å². The molecule has 1 heterocycles. The van der Waals surface area contributed by atoms with Crippen LogP contribution in [0.25, 0.3) is 11.0 Å². The second-order valence-electron chi connectivity index (χ2n) is 5.17. The average molecular weight is 283 g/mol. The number of hydrogen-bond donors (Lipinski definition) is 1. The fourth-order valence-electron chi connectivity index (χ4n) is 2.61. The third-order valence-electron chi connectivity index (χ3n) is 3.64. The number of nitrogens with two attached hydrogens (primary N) is 1. The van der Waals surface area contributed by atoms with E-state index in [0.29, 0.717) is 12.1 Å². The average Bonchev–Trinajstić information content (AvgIpc) is 2.82. The monoisotopic (exact) mass is 283 g/mol. The molecular formula is C17H18FN3. The van der Waals surface area contributed by atoms with Crippen LogP contribution < -0.4 is 5.73 Å². The molecule has 0 unspecified atom stereocenters. The highest BCUT2D eigenvalue weighted by molar-refractivity contribution is 5.76. The fourth-order valence-corrected chi connectivity index (χ4v) is 2.61. The van der Waals surface area contributed by atoms with Crippen molar-refractivity contribution in [3.05, 3.63) is 59.7 Å². The van der Waals surface area contributed by atoms with E-state index < -0.39 is 0 Å². The number of anilines is 1. The predicted molar refractivity (Wildman–Crippen MR) is 83.6 cm³/mol. The smallest absolute Gasteiger partial charge is 0.151 e. The van der Waals surface area contributed by atoms with E-state index in [4.69, 9.17) is 5.73 Å². The molecule has 1 aromatic heterocycles. The molecule has 108 valence electrons. The number of para-hydroxylation sites is 2. The quantitative estimate of drug-likeness (QED) is 0.741. The predicted octanol–water partition coefficient (Wildman–Crippen LogP) is 3.76. The van der Waals surface area contributed by atoms with Crippen molar-refractivity contribution >= 4 is 16.7 Å². The number of nitrogens with zero attached hydrogens (tertiary/aromatic N) is 2. The summed E-state index contributed by atoms with van der Waals surface area (Å²) in [4.78, 5) is 4.66. The van der Waals surface area contributed by atoms with Gasteiger partial charge in [-0.15, -0.1) is 0 Å². The first-order valence-corrected chi connectivity index (χ1v) is 7.17. The third kappa shape index (κ3) is 2.49. The summed E-state index contributed by atoms with van der Waals surface area (Å²) in [5.41, 5.74) is 8.42. The Labute approximate surface area is 123 Å². The summed E-state index contributed by atoms with van der Waals surface area (Å²) in [5, 5.41) is 0. The molecule has 0 atom stereocenters. The molecule has 0 aliphatic rings. The van der Waals surface area contributed by atoms with Crippen molar-refractivity contribution in [1.82, 2.24) is 9.55 Å². The van der Waals surface area contributed by atoms with Gasteiger partial charge in [-0.3, -0.25) is 0 Å². The van der Waals surface area contributed by atoms with E-state index in [9.17, 15) is 4.39 Å². The Bertz CT molecular complexity index is 777. The number of aromatic nitrogens is 2. The van der Waals surface area contributed by atoms with Gasteiger partial charge in [-0.25, -0.2) is 9.37 Å². The zero-order valence-corrected chi connectivity index (χ0v) is 12.0. The van der Waals surface area contributed by atoms with Gasteiger partial charge in [0, 0.05) is 12.0 Å². The lowest BCUT2D eigenvalue weighted by molar-refractivity contribution is 0.600. The lowest BCUT2D eigenvalue weighted by atomic mass is 10.1. The number of fused-ring (bicyclic) bond motifs is 1. The number of nitrogen functional groups attached to an aromatic ring is 1. The number of halogens is 1. The highest BCUT2D eigenvalue weighted by atomic mass is 19.1. The topological polar surface area (TPSA) is 43.8 Å². The molecule has 3 rings (SSSR count). The summed E-state index contributed by atoms with van der Waals surface area (Å²) in [5.74, 6) is 0.651. The number of imidazole rings is 1. The standard InChI is InChI=1S/C17H18FN3/c1-2-6-16-20-14-9-3-4-10-15(14)21(16)11-12-7-5-8-13(19)17(12)18/h3-5,7-10H,2,6,11,19H2,1H3. The van der Waals surface area contributed by atoms with Crippen LogP contribution in [0.4, 0.5) is 10.1 Å². The molecule has 0 aliphatic heterocycles. The van der Waals surface area contributed by atoms with E-state index >= 15 is 0 Å². The maximum Gasteiger partial charge on any atom is 0.151 e. The van der Waals surface area contributed by atoms with Gasteiger partial charge in [0.2, 0.25) is 0 Å². The van der Waals surface area contributed by atoms with Crippen LogP contribution >= 0.6 is 0 Å². The van der Waals surface area contributed by atoms with E-state index in [1.54, 1.807) is 18.2 Å². The molecule has 4 heteroatoms. The molecule has 0 bridgehead atoms. The van der Waals surface area contributed by atoms with Gasteiger partial charge in [0.05, 0.1) is 23.3 Å². The molecule has 3 aromatic rings. The summed E-state index contributed by atoms with van der Waals surface area (Å²) in [6, 6.07) is 13.1. The van der Waals surface area contributed by atoms with Crippen molar-refractivity contribution in [2.24, 2.45) is 0 Å². The molecule has 21 heavy (non-hydrogen) atoms. The molecule has 0 saturated heterocycles. The molecule has 3 nitrogen and oxygen atoms in total. The van der Waals surface area contributed by atoms with Gasteiger partial charge in [-0.2, -0.15) is 0 Å². The van der Waals surface area contributed by atoms with Crippen molar-refractivity contribution < 1.29 is 4.39 Å². The van der Waals surface area contributed by atoms with Crippen LogP contribution in [0.2, 0.25) is 0 Å². The Kier molecular flexibility index (Phi) is 3.60. The van der Waals surface area contributed by atoms with Crippen molar-refractivity contribution in [2.75, 3.05) is 5.73 Å². The van der Waals surface area contributed by atoms with Gasteiger partial charge in [0.15, 0.2) is 5.82 Å². The minimum absolute atomic E-state index is 0.189. The number of hydrogen-bond acceptors (Lipinski definition) is 2. The van der Waals surface area contributed by atoms with Crippen LogP contribution in [0.5, 0.6) is 0 Å². The first-order chi connectivity index (χ1) is 10.2. The summed E-state index contributed by atoms with van der Waals surface area (Å²) < 4.78 is 16.2. The Morgan fingerprint density at radius 3 is 2.76 bits per heavy atom. The molecule has 0 fully saturated rings. The van der Waals surface area contributed by atoms with E-state index in [-0.39, 0.29) is 11.5 Å². The lowest BCUT2D eigenvalue weighted by Crippen LogP contribution is -2.07. The zero-order valence-electron chi connectivity index (χ0n) is 12.0. The lowest BCUT2D eigenvalue weighted by Gasteiger charge is -2.10.